The van der Waals surface area contributed by atoms with Gasteiger partial charge in [0.2, 0.25) is 0 Å². The highest BCUT2D eigenvalue weighted by Gasteiger charge is 2.40. The number of rotatable bonds is 10. The van der Waals surface area contributed by atoms with E-state index in [1.807, 2.05) is 24.3 Å². The molecule has 5 nitrogen and oxygen atoms in total. The van der Waals surface area contributed by atoms with Crippen LogP contribution in [0.5, 0.6) is 0 Å². The molecule has 0 aromatic heterocycles. The number of ether oxygens (including phenoxy) is 1. The predicted molar refractivity (Wildman–Crippen MR) is 104 cm³/mol. The van der Waals surface area contributed by atoms with E-state index in [0.717, 1.165) is 25.7 Å². The molecule has 2 fully saturated rings. The van der Waals surface area contributed by atoms with Crippen LogP contribution in [0, 0.1) is 17.3 Å². The van der Waals surface area contributed by atoms with Gasteiger partial charge < -0.3 is 14.9 Å². The molecule has 0 aromatic carbocycles. The maximum absolute atomic E-state index is 12.2. The average molecular weight is 379 g/mol. The molecule has 2 unspecified atom stereocenters. The Labute approximate surface area is 162 Å². The Morgan fingerprint density at radius 1 is 1.33 bits per heavy atom. The number of esters is 1. The fourth-order valence-corrected chi connectivity index (χ4v) is 4.07. The molecular formula is C22H34O5. The molecule has 2 rings (SSSR count). The highest BCUT2D eigenvalue weighted by Crippen LogP contribution is 2.44. The minimum absolute atomic E-state index is 0.0286. The smallest absolute Gasteiger partial charge is 0.305 e. The standard InChI is InChI=1S/C22H34O5/c1-22(13-8-14-22)20(25)11-7-10-17-16(18(23)15-19(17)24)9-5-3-4-6-12-21(26)27-2/h3,5,7,10,16-17,19-20,24-25H,4,6,8-9,11-15H2,1-2H3/t16-,17-,19?,20?/m1/s1. The second kappa shape index (κ2) is 10.2. The molecule has 0 heterocycles. The fourth-order valence-electron chi connectivity index (χ4n) is 4.07. The molecule has 0 radical (unpaired) electrons. The van der Waals surface area contributed by atoms with Gasteiger partial charge in [-0.1, -0.05) is 37.6 Å². The normalized spacial score (nSPS) is 28.6. The summed E-state index contributed by atoms with van der Waals surface area (Å²) in [6.45, 7) is 2.12. The number of carbonyl (C=O) groups excluding carboxylic acids is 2. The first kappa shape index (κ1) is 21.8. The summed E-state index contributed by atoms with van der Waals surface area (Å²) in [7, 11) is 1.38. The molecule has 2 aliphatic carbocycles. The first-order chi connectivity index (χ1) is 12.9. The third-order valence-electron chi connectivity index (χ3n) is 6.29. The molecule has 0 saturated heterocycles. The molecule has 0 bridgehead atoms. The number of aliphatic hydroxyl groups is 2. The third kappa shape index (κ3) is 6.01. The number of methoxy groups -OCH3 is 1. The number of allylic oxidation sites excluding steroid dienone is 2. The summed E-state index contributed by atoms with van der Waals surface area (Å²) >= 11 is 0. The summed E-state index contributed by atoms with van der Waals surface area (Å²) in [6, 6.07) is 0. The van der Waals surface area contributed by atoms with E-state index in [-0.39, 0.29) is 41.5 Å². The predicted octanol–water partition coefficient (Wildman–Crippen LogP) is 3.34. The van der Waals surface area contributed by atoms with Gasteiger partial charge in [-0.15, -0.1) is 0 Å². The second-order valence-electron chi connectivity index (χ2n) is 8.28. The van der Waals surface area contributed by atoms with Gasteiger partial charge in [0, 0.05) is 24.7 Å². The van der Waals surface area contributed by atoms with E-state index in [4.69, 9.17) is 0 Å². The van der Waals surface area contributed by atoms with Gasteiger partial charge in [0.05, 0.1) is 19.3 Å². The molecule has 0 aliphatic heterocycles. The molecule has 4 atom stereocenters. The molecule has 27 heavy (non-hydrogen) atoms. The van der Waals surface area contributed by atoms with Crippen molar-refractivity contribution in [3.63, 3.8) is 0 Å². The van der Waals surface area contributed by atoms with E-state index >= 15 is 0 Å². The van der Waals surface area contributed by atoms with Crippen molar-refractivity contribution < 1.29 is 24.5 Å². The van der Waals surface area contributed by atoms with Gasteiger partial charge in [-0.3, -0.25) is 9.59 Å². The van der Waals surface area contributed by atoms with E-state index in [9.17, 15) is 19.8 Å². The summed E-state index contributed by atoms with van der Waals surface area (Å²) in [5, 5.41) is 20.6. The zero-order chi connectivity index (χ0) is 19.9. The van der Waals surface area contributed by atoms with Crippen LogP contribution in [0.3, 0.4) is 0 Å². The Morgan fingerprint density at radius 3 is 2.70 bits per heavy atom. The Hall–Kier alpha value is -1.46. The number of Topliss-reactive ketones (excluding diaryl/α,β-unsaturated/α-hetero) is 1. The average Bonchev–Trinajstić information content (AvgIpc) is 2.88. The van der Waals surface area contributed by atoms with Crippen LogP contribution < -0.4 is 0 Å². The van der Waals surface area contributed by atoms with E-state index < -0.39 is 6.10 Å². The van der Waals surface area contributed by atoms with Crippen LogP contribution in [0.1, 0.15) is 64.7 Å². The largest absolute Gasteiger partial charge is 0.469 e. The van der Waals surface area contributed by atoms with E-state index in [2.05, 4.69) is 11.7 Å². The SMILES string of the molecule is COC(=O)CCCC=CC[C@H]1C(=O)CC(O)[C@@H]1C=CCC(O)C1(C)CCC1. The van der Waals surface area contributed by atoms with Gasteiger partial charge in [0.15, 0.2) is 0 Å². The van der Waals surface area contributed by atoms with Crippen LogP contribution in [0.4, 0.5) is 0 Å². The molecule has 0 aromatic rings. The van der Waals surface area contributed by atoms with E-state index in [1.165, 1.54) is 13.5 Å². The van der Waals surface area contributed by atoms with Crippen molar-refractivity contribution in [2.24, 2.45) is 17.3 Å². The van der Waals surface area contributed by atoms with Gasteiger partial charge in [0.25, 0.3) is 0 Å². The lowest BCUT2D eigenvalue weighted by Gasteiger charge is -2.42. The van der Waals surface area contributed by atoms with Gasteiger partial charge in [-0.05, 0) is 43.9 Å². The molecule has 0 spiro atoms. The lowest BCUT2D eigenvalue weighted by Crippen LogP contribution is -2.38. The summed E-state index contributed by atoms with van der Waals surface area (Å²) in [4.78, 5) is 23.3. The summed E-state index contributed by atoms with van der Waals surface area (Å²) in [5.74, 6) is -0.494. The molecule has 2 saturated carbocycles. The Kier molecular flexibility index (Phi) is 8.24. The second-order valence-corrected chi connectivity index (χ2v) is 8.28. The first-order valence-corrected chi connectivity index (χ1v) is 10.1. The minimum Gasteiger partial charge on any atom is -0.469 e. The maximum atomic E-state index is 12.2. The molecule has 152 valence electrons. The summed E-state index contributed by atoms with van der Waals surface area (Å²) in [6.07, 6.45) is 13.4. The van der Waals surface area contributed by atoms with Crippen LogP contribution in [0.15, 0.2) is 24.3 Å². The molecular weight excluding hydrogens is 344 g/mol. The number of unbranched alkanes of at least 4 members (excludes halogenated alkanes) is 1. The zero-order valence-corrected chi connectivity index (χ0v) is 16.6. The minimum atomic E-state index is -0.636. The molecule has 2 aliphatic rings. The van der Waals surface area contributed by atoms with E-state index in [1.54, 1.807) is 0 Å². The summed E-state index contributed by atoms with van der Waals surface area (Å²) < 4.78 is 4.60. The summed E-state index contributed by atoms with van der Waals surface area (Å²) in [5.41, 5.74) is 0.0286. The van der Waals surface area contributed by atoms with Crippen LogP contribution in [0.25, 0.3) is 0 Å². The molecule has 5 heteroatoms. The molecule has 0 amide bonds. The van der Waals surface area contributed by atoms with Gasteiger partial charge in [-0.25, -0.2) is 0 Å². The van der Waals surface area contributed by atoms with Crippen molar-refractivity contribution in [3.05, 3.63) is 24.3 Å². The van der Waals surface area contributed by atoms with Crippen molar-refractivity contribution in [1.82, 2.24) is 0 Å². The Morgan fingerprint density at radius 2 is 2.07 bits per heavy atom. The first-order valence-electron chi connectivity index (χ1n) is 10.1. The van der Waals surface area contributed by atoms with Gasteiger partial charge >= 0.3 is 5.97 Å². The van der Waals surface area contributed by atoms with Crippen molar-refractivity contribution in [1.29, 1.82) is 0 Å². The van der Waals surface area contributed by atoms with Crippen molar-refractivity contribution >= 4 is 11.8 Å². The monoisotopic (exact) mass is 378 g/mol. The zero-order valence-electron chi connectivity index (χ0n) is 16.6. The topological polar surface area (TPSA) is 83.8 Å². The van der Waals surface area contributed by atoms with Crippen LogP contribution in [-0.4, -0.2) is 41.3 Å². The Balaban J connectivity index is 1.80. The van der Waals surface area contributed by atoms with Gasteiger partial charge in [0.1, 0.15) is 5.78 Å². The Bertz CT molecular complexity index is 561. The lowest BCUT2D eigenvalue weighted by atomic mass is 9.66. The van der Waals surface area contributed by atoms with Crippen molar-refractivity contribution in [3.8, 4) is 0 Å². The van der Waals surface area contributed by atoms with Crippen molar-refractivity contribution in [2.75, 3.05) is 7.11 Å². The van der Waals surface area contributed by atoms with Crippen LogP contribution in [-0.2, 0) is 14.3 Å². The number of carbonyl (C=O) groups is 2. The quantitative estimate of drug-likeness (QED) is 0.346. The van der Waals surface area contributed by atoms with Crippen LogP contribution >= 0.6 is 0 Å². The third-order valence-corrected chi connectivity index (χ3v) is 6.29. The number of ketones is 1. The van der Waals surface area contributed by atoms with E-state index in [0.29, 0.717) is 19.3 Å². The number of hydrogen-bond acceptors (Lipinski definition) is 5. The van der Waals surface area contributed by atoms with Crippen molar-refractivity contribution in [2.45, 2.75) is 76.9 Å². The highest BCUT2D eigenvalue weighted by atomic mass is 16.5. The fraction of sp³-hybridized carbons (Fsp3) is 0.727. The maximum Gasteiger partial charge on any atom is 0.305 e. The van der Waals surface area contributed by atoms with Crippen LogP contribution in [0.2, 0.25) is 0 Å². The number of hydrogen-bond donors (Lipinski definition) is 2. The number of aliphatic hydroxyl groups excluding tert-OH is 2. The highest BCUT2D eigenvalue weighted by molar-refractivity contribution is 5.84. The lowest BCUT2D eigenvalue weighted by molar-refractivity contribution is -0.140. The van der Waals surface area contributed by atoms with Gasteiger partial charge in [-0.2, -0.15) is 0 Å². The molecule has 2 N–H and O–H groups in total.